The van der Waals surface area contributed by atoms with E-state index in [0.717, 1.165) is 0 Å². The van der Waals surface area contributed by atoms with Crippen LogP contribution in [0.25, 0.3) is 0 Å². The quantitative estimate of drug-likeness (QED) is 0.746. The maximum absolute atomic E-state index is 11.1. The molecule has 0 atom stereocenters. The lowest BCUT2D eigenvalue weighted by atomic mass is 10.1. The number of carbonyl (C=O) groups is 1. The van der Waals surface area contributed by atoms with Crippen molar-refractivity contribution in [3.8, 4) is 17.2 Å². The maximum Gasteiger partial charge on any atom is 0.201 e. The van der Waals surface area contributed by atoms with Crippen LogP contribution in [0.3, 0.4) is 0 Å². The molecule has 0 aliphatic carbocycles. The van der Waals surface area contributed by atoms with Crippen molar-refractivity contribution in [1.29, 1.82) is 0 Å². The van der Waals surface area contributed by atoms with Gasteiger partial charge in [0.25, 0.3) is 0 Å². The Morgan fingerprint density at radius 3 is 2.36 bits per heavy atom. The summed E-state index contributed by atoms with van der Waals surface area (Å²) in [6.45, 7) is 1.41. The first-order chi connectivity index (χ1) is 6.61. The number of ether oxygens (including phenoxy) is 2. The van der Waals surface area contributed by atoms with E-state index in [4.69, 9.17) is 9.47 Å². The summed E-state index contributed by atoms with van der Waals surface area (Å²) in [5.74, 6) is 0.117. The van der Waals surface area contributed by atoms with Crippen molar-refractivity contribution in [3.05, 3.63) is 17.7 Å². The van der Waals surface area contributed by atoms with Crippen LogP contribution in [-0.4, -0.2) is 25.1 Å². The lowest BCUT2D eigenvalue weighted by Crippen LogP contribution is -1.98. The van der Waals surface area contributed by atoms with Gasteiger partial charge in [0.05, 0.1) is 19.8 Å². The number of hydrogen-bond acceptors (Lipinski definition) is 4. The molecule has 4 nitrogen and oxygen atoms in total. The molecule has 0 spiro atoms. The zero-order valence-electron chi connectivity index (χ0n) is 8.33. The molecule has 0 heterocycles. The summed E-state index contributed by atoms with van der Waals surface area (Å²) < 4.78 is 9.81. The molecule has 1 rings (SSSR count). The fraction of sp³-hybridized carbons (Fsp3) is 0.300. The Kier molecular flexibility index (Phi) is 2.96. The van der Waals surface area contributed by atoms with Crippen molar-refractivity contribution in [3.63, 3.8) is 0 Å². The minimum atomic E-state index is -0.167. The van der Waals surface area contributed by atoms with Gasteiger partial charge in [-0.25, -0.2) is 0 Å². The average molecular weight is 196 g/mol. The Bertz CT molecular complexity index is 357. The average Bonchev–Trinajstić information content (AvgIpc) is 2.17. The molecule has 0 aliphatic rings. The molecule has 76 valence electrons. The van der Waals surface area contributed by atoms with E-state index >= 15 is 0 Å². The highest BCUT2D eigenvalue weighted by molar-refractivity contribution is 5.98. The molecule has 1 aromatic carbocycles. The summed E-state index contributed by atoms with van der Waals surface area (Å²) in [6, 6.07) is 3.08. The van der Waals surface area contributed by atoms with Crippen molar-refractivity contribution >= 4 is 5.78 Å². The molecular weight excluding hydrogens is 184 g/mol. The van der Waals surface area contributed by atoms with Gasteiger partial charge in [-0.2, -0.15) is 0 Å². The van der Waals surface area contributed by atoms with Crippen molar-refractivity contribution in [2.75, 3.05) is 14.2 Å². The highest BCUT2D eigenvalue weighted by atomic mass is 16.5. The molecule has 0 fully saturated rings. The number of ketones is 1. The van der Waals surface area contributed by atoms with Gasteiger partial charge in [-0.1, -0.05) is 0 Å². The van der Waals surface area contributed by atoms with E-state index in [0.29, 0.717) is 5.56 Å². The third kappa shape index (κ3) is 1.64. The molecule has 0 amide bonds. The number of aromatic hydroxyl groups is 1. The van der Waals surface area contributed by atoms with E-state index in [2.05, 4.69) is 0 Å². The van der Waals surface area contributed by atoms with E-state index in [1.807, 2.05) is 0 Å². The summed E-state index contributed by atoms with van der Waals surface area (Å²) in [7, 11) is 2.82. The SMILES string of the molecule is COc1ccc(C(C)=O)c(OC)c1O. The molecule has 0 bridgehead atoms. The number of rotatable bonds is 3. The second-order valence-corrected chi connectivity index (χ2v) is 2.75. The van der Waals surface area contributed by atoms with Crippen LogP contribution in [-0.2, 0) is 0 Å². The van der Waals surface area contributed by atoms with E-state index in [1.165, 1.54) is 27.2 Å². The first kappa shape index (κ1) is 10.4. The topological polar surface area (TPSA) is 55.8 Å². The number of phenols is 1. The normalized spacial score (nSPS) is 9.64. The van der Waals surface area contributed by atoms with Gasteiger partial charge in [0.15, 0.2) is 17.3 Å². The molecule has 0 saturated carbocycles. The van der Waals surface area contributed by atoms with Crippen LogP contribution >= 0.6 is 0 Å². The predicted molar refractivity (Wildman–Crippen MR) is 51.2 cm³/mol. The number of phenolic OH excluding ortho intramolecular Hbond substituents is 1. The first-order valence-corrected chi connectivity index (χ1v) is 4.06. The highest BCUT2D eigenvalue weighted by Gasteiger charge is 2.16. The Balaban J connectivity index is 3.35. The second kappa shape index (κ2) is 4.00. The number of carbonyl (C=O) groups excluding carboxylic acids is 1. The van der Waals surface area contributed by atoms with Crippen LogP contribution in [0, 0.1) is 0 Å². The lowest BCUT2D eigenvalue weighted by molar-refractivity contribution is 0.101. The molecule has 14 heavy (non-hydrogen) atoms. The molecule has 0 unspecified atom stereocenters. The van der Waals surface area contributed by atoms with E-state index in [1.54, 1.807) is 6.07 Å². The van der Waals surface area contributed by atoms with E-state index < -0.39 is 0 Å². The van der Waals surface area contributed by atoms with Gasteiger partial charge in [0.1, 0.15) is 0 Å². The number of hydrogen-bond donors (Lipinski definition) is 1. The summed E-state index contributed by atoms with van der Waals surface area (Å²) in [5.41, 5.74) is 0.339. The summed E-state index contributed by atoms with van der Waals surface area (Å²) >= 11 is 0. The fourth-order valence-corrected chi connectivity index (χ4v) is 1.20. The van der Waals surface area contributed by atoms with Crippen molar-refractivity contribution < 1.29 is 19.4 Å². The van der Waals surface area contributed by atoms with Gasteiger partial charge in [-0.05, 0) is 19.1 Å². The Labute approximate surface area is 82.1 Å². The minimum absolute atomic E-state index is 0.150. The summed E-state index contributed by atoms with van der Waals surface area (Å²) in [5, 5.41) is 9.62. The predicted octanol–water partition coefficient (Wildman–Crippen LogP) is 1.61. The molecule has 1 N–H and O–H groups in total. The molecular formula is C10H12O4. The highest BCUT2D eigenvalue weighted by Crippen LogP contribution is 2.38. The van der Waals surface area contributed by atoms with Crippen LogP contribution in [0.5, 0.6) is 17.2 Å². The molecule has 0 radical (unpaired) electrons. The molecule has 1 aromatic rings. The van der Waals surface area contributed by atoms with Crippen LogP contribution in [0.2, 0.25) is 0 Å². The van der Waals surface area contributed by atoms with Gasteiger partial charge in [-0.3, -0.25) is 4.79 Å². The second-order valence-electron chi connectivity index (χ2n) is 2.75. The molecule has 4 heteroatoms. The first-order valence-electron chi connectivity index (χ1n) is 4.06. The van der Waals surface area contributed by atoms with Gasteiger partial charge < -0.3 is 14.6 Å². The van der Waals surface area contributed by atoms with Crippen LogP contribution in [0.4, 0.5) is 0 Å². The van der Waals surface area contributed by atoms with Crippen LogP contribution < -0.4 is 9.47 Å². The number of methoxy groups -OCH3 is 2. The van der Waals surface area contributed by atoms with Gasteiger partial charge in [0, 0.05) is 0 Å². The number of Topliss-reactive ketones (excluding diaryl/α,β-unsaturated/α-hetero) is 1. The smallest absolute Gasteiger partial charge is 0.201 e. The maximum atomic E-state index is 11.1. The molecule has 0 aromatic heterocycles. The zero-order chi connectivity index (χ0) is 10.7. The number of benzene rings is 1. The van der Waals surface area contributed by atoms with Crippen molar-refractivity contribution in [1.82, 2.24) is 0 Å². The summed E-state index contributed by atoms with van der Waals surface area (Å²) in [4.78, 5) is 11.1. The van der Waals surface area contributed by atoms with Gasteiger partial charge >= 0.3 is 0 Å². The minimum Gasteiger partial charge on any atom is -0.502 e. The van der Waals surface area contributed by atoms with Crippen molar-refractivity contribution in [2.24, 2.45) is 0 Å². The largest absolute Gasteiger partial charge is 0.502 e. The van der Waals surface area contributed by atoms with Crippen molar-refractivity contribution in [2.45, 2.75) is 6.92 Å². The Hall–Kier alpha value is -1.71. The zero-order valence-corrected chi connectivity index (χ0v) is 8.33. The fourth-order valence-electron chi connectivity index (χ4n) is 1.20. The standard InChI is InChI=1S/C10H12O4/c1-6(11)7-4-5-8(13-2)9(12)10(7)14-3/h4-5,12H,1-3H3. The Morgan fingerprint density at radius 2 is 1.93 bits per heavy atom. The molecule has 0 aliphatic heterocycles. The lowest BCUT2D eigenvalue weighted by Gasteiger charge is -2.10. The third-order valence-corrected chi connectivity index (χ3v) is 1.90. The van der Waals surface area contributed by atoms with E-state index in [-0.39, 0.29) is 23.0 Å². The van der Waals surface area contributed by atoms with Gasteiger partial charge in [-0.15, -0.1) is 0 Å². The van der Waals surface area contributed by atoms with Crippen LogP contribution in [0.1, 0.15) is 17.3 Å². The van der Waals surface area contributed by atoms with E-state index in [9.17, 15) is 9.90 Å². The monoisotopic (exact) mass is 196 g/mol. The molecule has 0 saturated heterocycles. The third-order valence-electron chi connectivity index (χ3n) is 1.90. The van der Waals surface area contributed by atoms with Crippen LogP contribution in [0.15, 0.2) is 12.1 Å². The summed E-state index contributed by atoms with van der Waals surface area (Å²) in [6.07, 6.45) is 0. The Morgan fingerprint density at radius 1 is 1.29 bits per heavy atom. The van der Waals surface area contributed by atoms with Gasteiger partial charge in [0.2, 0.25) is 5.75 Å².